The number of nitro benzene ring substituents is 1. The van der Waals surface area contributed by atoms with Crippen LogP contribution in [0.2, 0.25) is 0 Å². The van der Waals surface area contributed by atoms with E-state index in [9.17, 15) is 39.5 Å². The zero-order valence-corrected chi connectivity index (χ0v) is 28.3. The Labute approximate surface area is 299 Å². The van der Waals surface area contributed by atoms with E-state index in [0.717, 1.165) is 33.3 Å². The molecule has 0 spiro atoms. The van der Waals surface area contributed by atoms with E-state index in [1.807, 2.05) is 48.5 Å². The SMILES string of the molecule is O=C(O)c1ccc(CN(CCCN2CCCC2=O)N(C(=O)OCC2c3ccccc3-c3ccccc32)[C@@H](Cc2ccccc2)C(=O)O)c([N+](=O)[O-])c1. The quantitative estimate of drug-likeness (QED) is 0.111. The summed E-state index contributed by atoms with van der Waals surface area (Å²) in [7, 11) is 0. The molecule has 0 radical (unpaired) electrons. The van der Waals surface area contributed by atoms with Crippen LogP contribution in [0.1, 0.15) is 57.8 Å². The lowest BCUT2D eigenvalue weighted by atomic mass is 9.98. The molecule has 2 N–H and O–H groups in total. The maximum Gasteiger partial charge on any atom is 0.425 e. The van der Waals surface area contributed by atoms with Gasteiger partial charge in [0.2, 0.25) is 5.91 Å². The summed E-state index contributed by atoms with van der Waals surface area (Å²) in [6, 6.07) is 26.3. The third-order valence-electron chi connectivity index (χ3n) is 9.58. The number of hydrazine groups is 1. The smallest absolute Gasteiger partial charge is 0.425 e. The molecule has 1 aliphatic carbocycles. The number of carbonyl (C=O) groups is 4. The molecule has 0 aromatic heterocycles. The summed E-state index contributed by atoms with van der Waals surface area (Å²) in [4.78, 5) is 64.8. The number of carboxylic acid groups (broad SMARTS) is 2. The largest absolute Gasteiger partial charge is 0.480 e. The standard InChI is InChI=1S/C39H38N4O9/c44-36-16-8-19-40(36)20-9-21-41(24-28-18-17-27(37(45)46)23-34(28)43(50)51)42(35(38(47)48)22-26-10-2-1-3-11-26)39(49)52-25-33-31-14-6-4-12-29(31)30-13-5-7-15-32(30)33/h1-7,10-15,17-18,23,33,35H,8-9,16,19-22,24-25H2,(H,45,46)(H,47,48)/t35-/m0/s1. The molecule has 4 aromatic carbocycles. The highest BCUT2D eigenvalue weighted by Crippen LogP contribution is 2.44. The molecule has 13 heteroatoms. The third-order valence-corrected chi connectivity index (χ3v) is 9.58. The highest BCUT2D eigenvalue weighted by Gasteiger charge is 2.38. The van der Waals surface area contributed by atoms with Gasteiger partial charge in [-0.1, -0.05) is 78.9 Å². The van der Waals surface area contributed by atoms with Crippen molar-refractivity contribution in [2.24, 2.45) is 0 Å². The number of carbonyl (C=O) groups excluding carboxylic acids is 2. The number of amides is 2. The van der Waals surface area contributed by atoms with E-state index in [1.165, 1.54) is 17.1 Å². The number of rotatable bonds is 15. The Kier molecular flexibility index (Phi) is 10.9. The average molecular weight is 707 g/mol. The van der Waals surface area contributed by atoms with Crippen LogP contribution >= 0.6 is 0 Å². The Balaban J connectivity index is 1.37. The van der Waals surface area contributed by atoms with Gasteiger partial charge in [-0.2, -0.15) is 0 Å². The van der Waals surface area contributed by atoms with E-state index < -0.39 is 34.7 Å². The van der Waals surface area contributed by atoms with Crippen LogP contribution in [0.4, 0.5) is 10.5 Å². The van der Waals surface area contributed by atoms with Crippen molar-refractivity contribution in [2.45, 2.75) is 44.2 Å². The molecule has 2 aliphatic rings. The van der Waals surface area contributed by atoms with E-state index in [0.29, 0.717) is 37.9 Å². The minimum atomic E-state index is -1.50. The number of carboxylic acids is 2. The maximum atomic E-state index is 14.4. The zero-order valence-electron chi connectivity index (χ0n) is 28.3. The Morgan fingerprint density at radius 3 is 2.17 bits per heavy atom. The highest BCUT2D eigenvalue weighted by molar-refractivity contribution is 5.88. The topological polar surface area (TPSA) is 171 Å². The van der Waals surface area contributed by atoms with Crippen LogP contribution < -0.4 is 0 Å². The van der Waals surface area contributed by atoms with E-state index in [4.69, 9.17) is 4.74 Å². The van der Waals surface area contributed by atoms with Gasteiger partial charge in [-0.3, -0.25) is 14.9 Å². The molecule has 4 aromatic rings. The minimum Gasteiger partial charge on any atom is -0.480 e. The van der Waals surface area contributed by atoms with Crippen molar-refractivity contribution >= 4 is 29.6 Å². The lowest BCUT2D eigenvalue weighted by molar-refractivity contribution is -0.385. The summed E-state index contributed by atoms with van der Waals surface area (Å²) in [5, 5.41) is 34.8. The van der Waals surface area contributed by atoms with Gasteiger partial charge in [0.1, 0.15) is 6.61 Å². The first kappa shape index (κ1) is 35.7. The number of likely N-dealkylation sites (tertiary alicyclic amines) is 1. The van der Waals surface area contributed by atoms with Crippen molar-refractivity contribution in [1.82, 2.24) is 14.9 Å². The van der Waals surface area contributed by atoms with Crippen molar-refractivity contribution in [3.05, 3.63) is 135 Å². The predicted molar refractivity (Wildman–Crippen MR) is 189 cm³/mol. The number of aliphatic carboxylic acids is 1. The molecule has 1 saturated heterocycles. The third kappa shape index (κ3) is 7.79. The average Bonchev–Trinajstić information content (AvgIpc) is 3.70. The molecule has 268 valence electrons. The molecule has 0 saturated carbocycles. The fourth-order valence-corrected chi connectivity index (χ4v) is 7.06. The Hall–Kier alpha value is -6.08. The summed E-state index contributed by atoms with van der Waals surface area (Å²) in [6.45, 7) is 0.481. The van der Waals surface area contributed by atoms with E-state index in [1.54, 1.807) is 35.2 Å². The summed E-state index contributed by atoms with van der Waals surface area (Å²) in [6.07, 6.45) is 0.371. The van der Waals surface area contributed by atoms with E-state index in [-0.39, 0.29) is 49.1 Å². The molecule has 1 aliphatic heterocycles. The molecular weight excluding hydrogens is 668 g/mol. The van der Waals surface area contributed by atoms with Crippen molar-refractivity contribution in [3.8, 4) is 11.1 Å². The summed E-state index contributed by atoms with van der Waals surface area (Å²) >= 11 is 0. The van der Waals surface area contributed by atoms with E-state index in [2.05, 4.69) is 0 Å². The Morgan fingerprint density at radius 2 is 1.58 bits per heavy atom. The first-order valence-electron chi connectivity index (χ1n) is 17.1. The number of hydrogen-bond acceptors (Lipinski definition) is 8. The predicted octanol–water partition coefficient (Wildman–Crippen LogP) is 5.97. The number of benzene rings is 4. The van der Waals surface area contributed by atoms with Crippen molar-refractivity contribution in [3.63, 3.8) is 0 Å². The highest BCUT2D eigenvalue weighted by atomic mass is 16.6. The normalized spacial score (nSPS) is 14.2. The first-order chi connectivity index (χ1) is 25.1. The van der Waals surface area contributed by atoms with Crippen LogP contribution in [-0.4, -0.2) is 86.3 Å². The lowest BCUT2D eigenvalue weighted by Gasteiger charge is -2.38. The van der Waals surface area contributed by atoms with Gasteiger partial charge in [0.15, 0.2) is 6.04 Å². The molecular formula is C39H38N4O9. The number of fused-ring (bicyclic) bond motifs is 3. The maximum absolute atomic E-state index is 14.4. The van der Waals surface area contributed by atoms with Gasteiger partial charge in [-0.15, -0.1) is 0 Å². The number of nitrogens with zero attached hydrogens (tertiary/aromatic N) is 4. The summed E-state index contributed by atoms with van der Waals surface area (Å²) in [5.41, 5.74) is 3.85. The molecule has 52 heavy (non-hydrogen) atoms. The second-order valence-electron chi connectivity index (χ2n) is 12.8. The van der Waals surface area contributed by atoms with Gasteiger partial charge < -0.3 is 19.8 Å². The second-order valence-corrected chi connectivity index (χ2v) is 12.8. The molecule has 0 bridgehead atoms. The second kappa shape index (κ2) is 15.9. The summed E-state index contributed by atoms with van der Waals surface area (Å²) < 4.78 is 6.02. The molecule has 1 heterocycles. The Morgan fingerprint density at radius 1 is 0.923 bits per heavy atom. The van der Waals surface area contributed by atoms with Crippen LogP contribution in [0, 0.1) is 10.1 Å². The van der Waals surface area contributed by atoms with Crippen LogP contribution in [0.25, 0.3) is 11.1 Å². The van der Waals surface area contributed by atoms with Crippen LogP contribution in [-0.2, 0) is 27.3 Å². The number of aromatic carboxylic acids is 1. The van der Waals surface area contributed by atoms with Gasteiger partial charge in [0.25, 0.3) is 5.69 Å². The molecule has 1 atom stereocenters. The van der Waals surface area contributed by atoms with Crippen LogP contribution in [0.15, 0.2) is 97.1 Å². The minimum absolute atomic E-state index is 0.00710. The molecule has 1 fully saturated rings. The Bertz CT molecular complexity index is 1940. The molecule has 0 unspecified atom stereocenters. The molecule has 2 amide bonds. The molecule has 13 nitrogen and oxygen atoms in total. The van der Waals surface area contributed by atoms with Gasteiger partial charge in [0.05, 0.1) is 17.0 Å². The number of ether oxygens (including phenoxy) is 1. The summed E-state index contributed by atoms with van der Waals surface area (Å²) in [5.74, 6) is -3.01. The van der Waals surface area contributed by atoms with Gasteiger partial charge in [-0.05, 0) is 52.8 Å². The fraction of sp³-hybridized carbons (Fsp3) is 0.282. The van der Waals surface area contributed by atoms with Crippen molar-refractivity contribution in [2.75, 3.05) is 26.2 Å². The lowest BCUT2D eigenvalue weighted by Crippen LogP contribution is -2.56. The van der Waals surface area contributed by atoms with Gasteiger partial charge in [-0.25, -0.2) is 24.4 Å². The first-order valence-corrected chi connectivity index (χ1v) is 17.1. The van der Waals surface area contributed by atoms with Crippen LogP contribution in [0.5, 0.6) is 0 Å². The van der Waals surface area contributed by atoms with E-state index >= 15 is 0 Å². The number of nitro groups is 1. The van der Waals surface area contributed by atoms with Gasteiger partial charge >= 0.3 is 18.0 Å². The van der Waals surface area contributed by atoms with Crippen molar-refractivity contribution in [1.29, 1.82) is 0 Å². The van der Waals surface area contributed by atoms with Crippen molar-refractivity contribution < 1.29 is 39.1 Å². The van der Waals surface area contributed by atoms with Gasteiger partial charge in [0, 0.05) is 50.0 Å². The molecule has 6 rings (SSSR count). The monoisotopic (exact) mass is 706 g/mol. The number of hydrogen-bond donors (Lipinski definition) is 2. The zero-order chi connectivity index (χ0) is 36.8. The fourth-order valence-electron chi connectivity index (χ4n) is 7.06. The van der Waals surface area contributed by atoms with Crippen LogP contribution in [0.3, 0.4) is 0 Å².